The number of fused-ring (bicyclic) bond motifs is 1. The van der Waals surface area contributed by atoms with Crippen LogP contribution in [0.5, 0.6) is 0 Å². The number of aryl methyl sites for hydroxylation is 2. The van der Waals surface area contributed by atoms with Crippen molar-refractivity contribution in [2.45, 2.75) is 20.3 Å². The van der Waals surface area contributed by atoms with E-state index in [0.717, 1.165) is 10.9 Å². The lowest BCUT2D eigenvalue weighted by Crippen LogP contribution is -1.89. The quantitative estimate of drug-likeness (QED) is 0.747. The molecule has 0 bridgehead atoms. The number of aromatic nitrogens is 2. The fraction of sp³-hybridized carbons (Fsp3) is 0.300. The Hall–Kier alpha value is -0.830. The Labute approximate surface area is 85.7 Å². The van der Waals surface area contributed by atoms with Gasteiger partial charge >= 0.3 is 0 Å². The van der Waals surface area contributed by atoms with Gasteiger partial charge in [-0.3, -0.25) is 0 Å². The highest BCUT2D eigenvalue weighted by Gasteiger charge is 2.05. The average molecular weight is 239 g/mol. The van der Waals surface area contributed by atoms with Crippen molar-refractivity contribution in [2.24, 2.45) is 0 Å². The number of pyridine rings is 1. The molecule has 0 saturated carbocycles. The van der Waals surface area contributed by atoms with Crippen LogP contribution in [0.1, 0.15) is 18.1 Å². The van der Waals surface area contributed by atoms with Crippen molar-refractivity contribution in [1.29, 1.82) is 0 Å². The maximum atomic E-state index is 4.30. The molecule has 2 aromatic heterocycles. The Balaban J connectivity index is 2.82. The first-order valence-electron chi connectivity index (χ1n) is 4.34. The van der Waals surface area contributed by atoms with Gasteiger partial charge in [0.15, 0.2) is 0 Å². The van der Waals surface area contributed by atoms with Crippen LogP contribution in [0.4, 0.5) is 0 Å². The SMILES string of the molecule is CCc1cnn2cc(C)cc(Br)c12. The third kappa shape index (κ3) is 1.37. The number of rotatable bonds is 1. The third-order valence-electron chi connectivity index (χ3n) is 2.16. The normalized spacial score (nSPS) is 11.0. The highest BCUT2D eigenvalue weighted by Crippen LogP contribution is 2.23. The molecule has 0 aromatic carbocycles. The van der Waals surface area contributed by atoms with E-state index in [1.165, 1.54) is 16.6 Å². The largest absolute Gasteiger partial charge is 0.239 e. The molecule has 13 heavy (non-hydrogen) atoms. The number of hydrogen-bond acceptors (Lipinski definition) is 1. The van der Waals surface area contributed by atoms with Crippen LogP contribution >= 0.6 is 15.9 Å². The van der Waals surface area contributed by atoms with E-state index in [-0.39, 0.29) is 0 Å². The van der Waals surface area contributed by atoms with Crippen LogP contribution in [0.15, 0.2) is 22.9 Å². The van der Waals surface area contributed by atoms with E-state index in [2.05, 4.69) is 40.9 Å². The number of nitrogens with zero attached hydrogens (tertiary/aromatic N) is 2. The molecule has 2 aromatic rings. The van der Waals surface area contributed by atoms with E-state index < -0.39 is 0 Å². The van der Waals surface area contributed by atoms with Crippen molar-refractivity contribution < 1.29 is 0 Å². The van der Waals surface area contributed by atoms with Crippen molar-refractivity contribution in [3.05, 3.63) is 34.1 Å². The minimum atomic E-state index is 1.02. The lowest BCUT2D eigenvalue weighted by Gasteiger charge is -2.00. The first-order chi connectivity index (χ1) is 6.22. The molecule has 0 radical (unpaired) electrons. The molecule has 3 heteroatoms. The molecular weight excluding hydrogens is 228 g/mol. The van der Waals surface area contributed by atoms with Gasteiger partial charge in [-0.05, 0) is 46.5 Å². The summed E-state index contributed by atoms with van der Waals surface area (Å²) in [6.07, 6.45) is 4.99. The van der Waals surface area contributed by atoms with Gasteiger partial charge in [0.1, 0.15) is 0 Å². The summed E-state index contributed by atoms with van der Waals surface area (Å²) >= 11 is 3.56. The number of hydrogen-bond donors (Lipinski definition) is 0. The van der Waals surface area contributed by atoms with E-state index in [9.17, 15) is 0 Å². The summed E-state index contributed by atoms with van der Waals surface area (Å²) in [4.78, 5) is 0. The minimum Gasteiger partial charge on any atom is -0.239 e. The maximum absolute atomic E-state index is 4.30. The highest BCUT2D eigenvalue weighted by molar-refractivity contribution is 9.10. The van der Waals surface area contributed by atoms with Gasteiger partial charge in [-0.1, -0.05) is 6.92 Å². The fourth-order valence-electron chi connectivity index (χ4n) is 1.52. The fourth-order valence-corrected chi connectivity index (χ4v) is 2.31. The van der Waals surface area contributed by atoms with Gasteiger partial charge in [-0.2, -0.15) is 5.10 Å². The van der Waals surface area contributed by atoms with Crippen LogP contribution in [0, 0.1) is 6.92 Å². The minimum absolute atomic E-state index is 1.02. The van der Waals surface area contributed by atoms with Crippen molar-refractivity contribution >= 4 is 21.4 Å². The lowest BCUT2D eigenvalue weighted by molar-refractivity contribution is 0.949. The van der Waals surface area contributed by atoms with Gasteiger partial charge in [-0.15, -0.1) is 0 Å². The van der Waals surface area contributed by atoms with Crippen molar-refractivity contribution in [3.8, 4) is 0 Å². The summed E-state index contributed by atoms with van der Waals surface area (Å²) in [5.74, 6) is 0. The molecule has 0 saturated heterocycles. The molecule has 0 amide bonds. The van der Waals surface area contributed by atoms with E-state index in [1.54, 1.807) is 0 Å². The van der Waals surface area contributed by atoms with Crippen LogP contribution in [-0.2, 0) is 6.42 Å². The highest BCUT2D eigenvalue weighted by atomic mass is 79.9. The van der Waals surface area contributed by atoms with Gasteiger partial charge in [0.2, 0.25) is 0 Å². The van der Waals surface area contributed by atoms with Crippen LogP contribution < -0.4 is 0 Å². The predicted octanol–water partition coefficient (Wildman–Crippen LogP) is 2.97. The Morgan fingerprint density at radius 3 is 3.00 bits per heavy atom. The summed E-state index contributed by atoms with van der Waals surface area (Å²) in [6.45, 7) is 4.21. The summed E-state index contributed by atoms with van der Waals surface area (Å²) < 4.78 is 3.06. The Bertz CT molecular complexity index is 445. The summed E-state index contributed by atoms with van der Waals surface area (Å²) in [6, 6.07) is 2.12. The van der Waals surface area contributed by atoms with Gasteiger partial charge in [-0.25, -0.2) is 4.52 Å². The molecule has 2 nitrogen and oxygen atoms in total. The molecule has 0 aliphatic heterocycles. The average Bonchev–Trinajstić information content (AvgIpc) is 2.47. The molecule has 0 aliphatic rings. The monoisotopic (exact) mass is 238 g/mol. The Kier molecular flexibility index (Phi) is 2.12. The van der Waals surface area contributed by atoms with Crippen LogP contribution in [0.25, 0.3) is 5.52 Å². The standard InChI is InChI=1S/C10H11BrN2/c1-3-8-5-12-13-6-7(2)4-9(11)10(8)13/h4-6H,3H2,1-2H3. The van der Waals surface area contributed by atoms with Crippen LogP contribution in [-0.4, -0.2) is 9.61 Å². The second-order valence-electron chi connectivity index (χ2n) is 3.18. The molecule has 2 rings (SSSR count). The zero-order chi connectivity index (χ0) is 9.42. The van der Waals surface area contributed by atoms with Gasteiger partial charge in [0.25, 0.3) is 0 Å². The van der Waals surface area contributed by atoms with E-state index >= 15 is 0 Å². The van der Waals surface area contributed by atoms with Gasteiger partial charge < -0.3 is 0 Å². The smallest absolute Gasteiger partial charge is 0.0835 e. The zero-order valence-corrected chi connectivity index (χ0v) is 9.30. The zero-order valence-electron chi connectivity index (χ0n) is 7.71. The summed E-state index contributed by atoms with van der Waals surface area (Å²) in [7, 11) is 0. The molecule has 0 unspecified atom stereocenters. The Morgan fingerprint density at radius 2 is 2.31 bits per heavy atom. The summed E-state index contributed by atoms with van der Waals surface area (Å²) in [5, 5.41) is 4.30. The first-order valence-corrected chi connectivity index (χ1v) is 5.14. The van der Waals surface area contributed by atoms with Crippen molar-refractivity contribution in [3.63, 3.8) is 0 Å². The van der Waals surface area contributed by atoms with Gasteiger partial charge in [0, 0.05) is 10.7 Å². The number of halogens is 1. The lowest BCUT2D eigenvalue weighted by atomic mass is 10.2. The van der Waals surface area contributed by atoms with Crippen molar-refractivity contribution in [1.82, 2.24) is 9.61 Å². The van der Waals surface area contributed by atoms with Gasteiger partial charge in [0.05, 0.1) is 11.7 Å². The molecule has 68 valence electrons. The second-order valence-corrected chi connectivity index (χ2v) is 4.04. The predicted molar refractivity (Wildman–Crippen MR) is 57.0 cm³/mol. The van der Waals surface area contributed by atoms with Crippen LogP contribution in [0.2, 0.25) is 0 Å². The van der Waals surface area contributed by atoms with E-state index in [4.69, 9.17) is 0 Å². The second kappa shape index (κ2) is 3.14. The third-order valence-corrected chi connectivity index (χ3v) is 2.76. The maximum Gasteiger partial charge on any atom is 0.0835 e. The van der Waals surface area contributed by atoms with E-state index in [1.807, 2.05) is 16.9 Å². The molecule has 0 N–H and O–H groups in total. The van der Waals surface area contributed by atoms with E-state index in [0.29, 0.717) is 0 Å². The molecule has 0 aliphatic carbocycles. The Morgan fingerprint density at radius 1 is 1.54 bits per heavy atom. The van der Waals surface area contributed by atoms with Crippen LogP contribution in [0.3, 0.4) is 0 Å². The first kappa shape index (κ1) is 8.75. The van der Waals surface area contributed by atoms with Crippen molar-refractivity contribution in [2.75, 3.05) is 0 Å². The molecular formula is C10H11BrN2. The molecule has 0 fully saturated rings. The summed E-state index contributed by atoms with van der Waals surface area (Å²) in [5.41, 5.74) is 3.69. The molecule has 0 spiro atoms. The molecule has 2 heterocycles. The topological polar surface area (TPSA) is 17.3 Å². The molecule has 0 atom stereocenters.